The maximum Gasteiger partial charge on any atom is 0.276 e. The Morgan fingerprint density at radius 3 is 2.54 bits per heavy atom. The number of hydrogen-bond acceptors (Lipinski definition) is 5. The summed E-state index contributed by atoms with van der Waals surface area (Å²) in [5.41, 5.74) is 0.481. The molecule has 2 heterocycles. The van der Waals surface area contributed by atoms with Gasteiger partial charge in [0.15, 0.2) is 5.60 Å². The van der Waals surface area contributed by atoms with Crippen molar-refractivity contribution in [3.63, 3.8) is 0 Å². The molecule has 0 radical (unpaired) electrons. The van der Waals surface area contributed by atoms with E-state index in [1.54, 1.807) is 38.1 Å². The van der Waals surface area contributed by atoms with Gasteiger partial charge in [-0.25, -0.2) is 13.4 Å². The fourth-order valence-electron chi connectivity index (χ4n) is 2.64. The average Bonchev–Trinajstić information content (AvgIpc) is 2.50. The monoisotopic (exact) mass is 439 g/mol. The SMILES string of the molecule is Cc1nc(N2C(=O)C(C)(C)Oc3cc(NS(C)(=O)=O)ccc32)ccc1Br. The van der Waals surface area contributed by atoms with Crippen LogP contribution in [0.5, 0.6) is 5.75 Å². The van der Waals surface area contributed by atoms with Gasteiger partial charge in [-0.3, -0.25) is 14.4 Å². The number of sulfonamides is 1. The molecule has 1 amide bonds. The Morgan fingerprint density at radius 1 is 1.23 bits per heavy atom. The van der Waals surface area contributed by atoms with Crippen LogP contribution in [0.4, 0.5) is 17.2 Å². The molecular weight excluding hydrogens is 422 g/mol. The zero-order valence-electron chi connectivity index (χ0n) is 14.7. The summed E-state index contributed by atoms with van der Waals surface area (Å²) in [6, 6.07) is 8.33. The summed E-state index contributed by atoms with van der Waals surface area (Å²) in [6.45, 7) is 5.16. The first kappa shape index (κ1) is 18.7. The molecule has 2 aromatic rings. The van der Waals surface area contributed by atoms with Crippen molar-refractivity contribution in [3.05, 3.63) is 40.5 Å². The number of anilines is 3. The van der Waals surface area contributed by atoms with Crippen molar-refractivity contribution in [2.24, 2.45) is 0 Å². The maximum atomic E-state index is 13.0. The number of nitrogens with one attached hydrogen (secondary N) is 1. The van der Waals surface area contributed by atoms with Gasteiger partial charge in [0.2, 0.25) is 10.0 Å². The molecule has 9 heteroatoms. The van der Waals surface area contributed by atoms with Gasteiger partial charge in [-0.1, -0.05) is 0 Å². The van der Waals surface area contributed by atoms with E-state index in [1.165, 1.54) is 4.90 Å². The first-order valence-electron chi connectivity index (χ1n) is 7.76. The Morgan fingerprint density at radius 2 is 1.92 bits per heavy atom. The number of aryl methyl sites for hydroxylation is 1. The van der Waals surface area contributed by atoms with Gasteiger partial charge in [0, 0.05) is 10.5 Å². The summed E-state index contributed by atoms with van der Waals surface area (Å²) < 4.78 is 32.0. The smallest absolute Gasteiger partial charge is 0.276 e. The van der Waals surface area contributed by atoms with Gasteiger partial charge in [0.25, 0.3) is 5.91 Å². The third-order valence-electron chi connectivity index (χ3n) is 3.82. The number of benzene rings is 1. The number of rotatable bonds is 3. The predicted molar refractivity (Wildman–Crippen MR) is 103 cm³/mol. The fraction of sp³-hybridized carbons (Fsp3) is 0.294. The summed E-state index contributed by atoms with van der Waals surface area (Å²) in [5, 5.41) is 0. The van der Waals surface area contributed by atoms with Gasteiger partial charge < -0.3 is 4.74 Å². The largest absolute Gasteiger partial charge is 0.476 e. The molecule has 0 saturated heterocycles. The molecule has 0 saturated carbocycles. The summed E-state index contributed by atoms with van der Waals surface area (Å²) in [5.74, 6) is 0.603. The minimum atomic E-state index is -3.42. The van der Waals surface area contributed by atoms with E-state index in [9.17, 15) is 13.2 Å². The van der Waals surface area contributed by atoms with Crippen molar-refractivity contribution in [1.29, 1.82) is 0 Å². The maximum absolute atomic E-state index is 13.0. The van der Waals surface area contributed by atoms with Crippen molar-refractivity contribution >= 4 is 49.1 Å². The first-order valence-corrected chi connectivity index (χ1v) is 10.4. The van der Waals surface area contributed by atoms with Crippen molar-refractivity contribution in [1.82, 2.24) is 4.98 Å². The highest BCUT2D eigenvalue weighted by Gasteiger charge is 2.42. The molecular formula is C17H18BrN3O4S. The van der Waals surface area contributed by atoms with Crippen LogP contribution in [-0.4, -0.2) is 31.2 Å². The standard InChI is InChI=1S/C17H18BrN3O4S/c1-10-12(18)6-8-15(19-10)21-13-7-5-11(20-26(4,23)24)9-14(13)25-17(2,3)16(21)22/h5-9,20H,1-4H3. The quantitative estimate of drug-likeness (QED) is 0.791. The van der Waals surface area contributed by atoms with Crippen molar-refractivity contribution < 1.29 is 17.9 Å². The van der Waals surface area contributed by atoms with Gasteiger partial charge in [0.05, 0.1) is 23.3 Å². The van der Waals surface area contributed by atoms with Crippen LogP contribution in [0.2, 0.25) is 0 Å². The van der Waals surface area contributed by atoms with E-state index in [1.807, 2.05) is 13.0 Å². The molecule has 0 spiro atoms. The number of hydrogen-bond donors (Lipinski definition) is 1. The lowest BCUT2D eigenvalue weighted by molar-refractivity contribution is -0.131. The molecule has 1 aromatic carbocycles. The Labute approximate surface area is 160 Å². The number of halogens is 1. The Hall–Kier alpha value is -2.13. The molecule has 0 bridgehead atoms. The Balaban J connectivity index is 2.14. The molecule has 0 aliphatic carbocycles. The van der Waals surface area contributed by atoms with Crippen LogP contribution in [0, 0.1) is 6.92 Å². The Kier molecular flexibility index (Phi) is 4.48. The van der Waals surface area contributed by atoms with Gasteiger partial charge in [-0.05, 0) is 61.0 Å². The van der Waals surface area contributed by atoms with E-state index < -0.39 is 15.6 Å². The van der Waals surface area contributed by atoms with E-state index in [4.69, 9.17) is 4.74 Å². The molecule has 1 N–H and O–H groups in total. The minimum absolute atomic E-state index is 0.261. The summed E-state index contributed by atoms with van der Waals surface area (Å²) >= 11 is 3.40. The molecule has 0 atom stereocenters. The number of carbonyl (C=O) groups is 1. The van der Waals surface area contributed by atoms with Crippen LogP contribution in [-0.2, 0) is 14.8 Å². The summed E-state index contributed by atoms with van der Waals surface area (Å²) in [4.78, 5) is 18.9. The fourth-order valence-corrected chi connectivity index (χ4v) is 3.41. The number of fused-ring (bicyclic) bond motifs is 1. The molecule has 138 valence electrons. The van der Waals surface area contributed by atoms with Crippen LogP contribution in [0.1, 0.15) is 19.5 Å². The highest BCUT2D eigenvalue weighted by atomic mass is 79.9. The zero-order chi connectivity index (χ0) is 19.3. The van der Waals surface area contributed by atoms with Gasteiger partial charge in [-0.15, -0.1) is 0 Å². The van der Waals surface area contributed by atoms with E-state index in [0.29, 0.717) is 22.9 Å². The van der Waals surface area contributed by atoms with Crippen LogP contribution in [0.25, 0.3) is 0 Å². The van der Waals surface area contributed by atoms with E-state index >= 15 is 0 Å². The first-order chi connectivity index (χ1) is 12.0. The highest BCUT2D eigenvalue weighted by Crippen LogP contribution is 2.43. The number of amides is 1. The topological polar surface area (TPSA) is 88.6 Å². The number of pyridine rings is 1. The van der Waals surface area contributed by atoms with Crippen LogP contribution < -0.4 is 14.4 Å². The number of nitrogens with zero attached hydrogens (tertiary/aromatic N) is 2. The molecule has 1 aliphatic rings. The second-order valence-corrected chi connectivity index (χ2v) is 9.15. The van der Waals surface area contributed by atoms with E-state index in [0.717, 1.165) is 16.4 Å². The normalized spacial score (nSPS) is 16.0. The predicted octanol–water partition coefficient (Wildman–Crippen LogP) is 3.36. The van der Waals surface area contributed by atoms with Gasteiger partial charge in [-0.2, -0.15) is 0 Å². The second-order valence-electron chi connectivity index (χ2n) is 6.55. The Bertz CT molecular complexity index is 1010. The zero-order valence-corrected chi connectivity index (χ0v) is 17.1. The van der Waals surface area contributed by atoms with Crippen LogP contribution >= 0.6 is 15.9 Å². The number of carbonyl (C=O) groups excluding carboxylic acids is 1. The molecule has 7 nitrogen and oxygen atoms in total. The van der Waals surface area contributed by atoms with Crippen molar-refractivity contribution in [2.45, 2.75) is 26.4 Å². The molecule has 0 unspecified atom stereocenters. The minimum Gasteiger partial charge on any atom is -0.476 e. The lowest BCUT2D eigenvalue weighted by Crippen LogP contribution is -2.50. The second kappa shape index (κ2) is 6.24. The summed E-state index contributed by atoms with van der Waals surface area (Å²) in [7, 11) is -3.42. The lowest BCUT2D eigenvalue weighted by atomic mass is 10.0. The van der Waals surface area contributed by atoms with Gasteiger partial charge in [0.1, 0.15) is 11.6 Å². The third-order valence-corrected chi connectivity index (χ3v) is 5.27. The molecule has 1 aliphatic heterocycles. The number of aromatic nitrogens is 1. The van der Waals surface area contributed by atoms with Gasteiger partial charge >= 0.3 is 0 Å². The van der Waals surface area contributed by atoms with Crippen LogP contribution in [0.15, 0.2) is 34.8 Å². The lowest BCUT2D eigenvalue weighted by Gasteiger charge is -2.38. The summed E-state index contributed by atoms with van der Waals surface area (Å²) in [6.07, 6.45) is 1.07. The van der Waals surface area contributed by atoms with E-state index in [2.05, 4.69) is 25.6 Å². The average molecular weight is 440 g/mol. The molecule has 26 heavy (non-hydrogen) atoms. The molecule has 0 fully saturated rings. The highest BCUT2D eigenvalue weighted by molar-refractivity contribution is 9.10. The van der Waals surface area contributed by atoms with Crippen molar-refractivity contribution in [3.8, 4) is 5.75 Å². The van der Waals surface area contributed by atoms with E-state index in [-0.39, 0.29) is 5.91 Å². The molecule has 3 rings (SSSR count). The van der Waals surface area contributed by atoms with Crippen LogP contribution in [0.3, 0.4) is 0 Å². The van der Waals surface area contributed by atoms with Crippen molar-refractivity contribution in [2.75, 3.05) is 15.9 Å². The third kappa shape index (κ3) is 3.54. The molecule has 1 aromatic heterocycles. The number of ether oxygens (including phenoxy) is 1.